The first-order valence-corrected chi connectivity index (χ1v) is 12.3. The van der Waals surface area contributed by atoms with Gasteiger partial charge in [0.25, 0.3) is 0 Å². The molecule has 16 heteroatoms. The van der Waals surface area contributed by atoms with Crippen LogP contribution >= 0.6 is 0 Å². The first-order valence-electron chi connectivity index (χ1n) is 12.3. The molecular weight excluding hydrogens is 558 g/mol. The molecule has 2 amide bonds. The predicted octanol–water partition coefficient (Wildman–Crippen LogP) is 6.01. The zero-order valence-corrected chi connectivity index (χ0v) is 21.3. The molecule has 0 bridgehead atoms. The lowest BCUT2D eigenvalue weighted by Gasteiger charge is -2.20. The van der Waals surface area contributed by atoms with Gasteiger partial charge in [-0.15, -0.1) is 0 Å². The molecule has 3 aromatic heterocycles. The number of aromatic nitrogens is 5. The second-order valence-electron chi connectivity index (χ2n) is 9.39. The third-order valence-electron chi connectivity index (χ3n) is 6.47. The summed E-state index contributed by atoms with van der Waals surface area (Å²) in [5, 5.41) is 5.43. The number of benzene rings is 1. The number of fused-ring (bicyclic) bond motifs is 1. The van der Waals surface area contributed by atoms with E-state index < -0.39 is 37.0 Å². The second kappa shape index (κ2) is 11.1. The Kier molecular flexibility index (Phi) is 7.55. The van der Waals surface area contributed by atoms with Crippen LogP contribution in [0.2, 0.25) is 0 Å². The van der Waals surface area contributed by atoms with Crippen molar-refractivity contribution >= 4 is 34.4 Å². The maximum absolute atomic E-state index is 14.8. The van der Waals surface area contributed by atoms with Gasteiger partial charge in [0.1, 0.15) is 34.9 Å². The Bertz CT molecular complexity index is 1580. The molecule has 4 aromatic rings. The van der Waals surface area contributed by atoms with E-state index in [9.17, 15) is 31.1 Å². The van der Waals surface area contributed by atoms with Gasteiger partial charge in [-0.25, -0.2) is 29.1 Å². The Morgan fingerprint density at radius 1 is 1.17 bits per heavy atom. The van der Waals surface area contributed by atoms with Gasteiger partial charge in [0.05, 0.1) is 18.2 Å². The van der Waals surface area contributed by atoms with E-state index in [0.29, 0.717) is 22.4 Å². The first kappa shape index (κ1) is 27.9. The Morgan fingerprint density at radius 3 is 2.73 bits per heavy atom. The minimum atomic E-state index is -4.34. The van der Waals surface area contributed by atoms with Crippen LogP contribution in [0.4, 0.5) is 48.3 Å². The molecule has 41 heavy (non-hydrogen) atoms. The molecule has 1 aromatic carbocycles. The maximum atomic E-state index is 14.8. The summed E-state index contributed by atoms with van der Waals surface area (Å²) in [4.78, 5) is 33.4. The number of aromatic amines is 1. The van der Waals surface area contributed by atoms with E-state index in [1.165, 1.54) is 29.7 Å². The Hall–Kier alpha value is -4.63. The van der Waals surface area contributed by atoms with E-state index in [2.05, 4.69) is 40.3 Å². The lowest BCUT2D eigenvalue weighted by Crippen LogP contribution is -2.33. The number of hydrogen-bond acceptors (Lipinski definition) is 7. The molecular formula is C25H22F6N8O2. The lowest BCUT2D eigenvalue weighted by atomic mass is 10.1. The highest BCUT2D eigenvalue weighted by molar-refractivity contribution is 5.93. The number of nitrogens with one attached hydrogen (secondary N) is 3. The van der Waals surface area contributed by atoms with Gasteiger partial charge in [0.2, 0.25) is 0 Å². The number of aryl methyl sites for hydroxylation is 1. The number of carbonyl (C=O) groups is 1. The summed E-state index contributed by atoms with van der Waals surface area (Å²) < 4.78 is 83.4. The number of carbonyl (C=O) groups excluding carboxylic acids is 1. The van der Waals surface area contributed by atoms with E-state index in [4.69, 9.17) is 0 Å². The number of likely N-dealkylation sites (tertiary alicyclic amines) is 1. The average Bonchev–Trinajstić information content (AvgIpc) is 3.56. The molecule has 0 spiro atoms. The first-order chi connectivity index (χ1) is 19.5. The number of halogens is 6. The van der Waals surface area contributed by atoms with Gasteiger partial charge < -0.3 is 25.3 Å². The van der Waals surface area contributed by atoms with Crippen molar-refractivity contribution in [1.82, 2.24) is 29.8 Å². The van der Waals surface area contributed by atoms with Crippen LogP contribution in [0.15, 0.2) is 37.1 Å². The molecule has 3 N–H and O–H groups in total. The van der Waals surface area contributed by atoms with E-state index in [-0.39, 0.29) is 48.0 Å². The van der Waals surface area contributed by atoms with Crippen molar-refractivity contribution in [2.24, 2.45) is 5.92 Å². The van der Waals surface area contributed by atoms with Crippen LogP contribution in [0, 0.1) is 18.7 Å². The molecule has 10 nitrogen and oxygen atoms in total. The molecule has 4 heterocycles. The summed E-state index contributed by atoms with van der Waals surface area (Å²) in [7, 11) is 0. The third-order valence-corrected chi connectivity index (χ3v) is 6.47. The molecule has 1 atom stereocenters. The number of H-pyrrole nitrogens is 1. The fourth-order valence-electron chi connectivity index (χ4n) is 4.60. The van der Waals surface area contributed by atoms with E-state index in [0.717, 1.165) is 12.3 Å². The maximum Gasteiger partial charge on any atom is 0.389 e. The molecule has 1 aliphatic rings. The number of nitrogens with zero attached hydrogens (tertiary/aromatic N) is 5. The topological polar surface area (TPSA) is 121 Å². The molecule has 1 unspecified atom stereocenters. The molecule has 0 saturated carbocycles. The molecule has 0 aliphatic carbocycles. The van der Waals surface area contributed by atoms with Gasteiger partial charge in [-0.1, -0.05) is 0 Å². The third kappa shape index (κ3) is 6.41. The molecule has 1 aliphatic heterocycles. The smallest absolute Gasteiger partial charge is 0.389 e. The Morgan fingerprint density at radius 2 is 1.98 bits per heavy atom. The van der Waals surface area contributed by atoms with Gasteiger partial charge in [-0.05, 0) is 43.0 Å². The summed E-state index contributed by atoms with van der Waals surface area (Å²) in [5.41, 5.74) is 1.67. The fourth-order valence-corrected chi connectivity index (χ4v) is 4.60. The highest BCUT2D eigenvalue weighted by Gasteiger charge is 2.36. The van der Waals surface area contributed by atoms with Crippen LogP contribution in [0.1, 0.15) is 18.4 Å². The minimum absolute atomic E-state index is 0.104. The number of anilines is 3. The SMILES string of the molecule is Cc1cc(F)c(NC(=O)N2CCC(CC(F)(F)F)C2)cc1Nc1ncc(OC(F)F)cc1-c1ncnc2nc[nH]c12. The van der Waals surface area contributed by atoms with Crippen molar-refractivity contribution in [3.05, 3.63) is 48.4 Å². The molecule has 1 saturated heterocycles. The van der Waals surface area contributed by atoms with Crippen LogP contribution < -0.4 is 15.4 Å². The van der Waals surface area contributed by atoms with Crippen molar-refractivity contribution in [2.75, 3.05) is 23.7 Å². The number of pyridine rings is 1. The molecule has 216 valence electrons. The number of ether oxygens (including phenoxy) is 1. The largest absolute Gasteiger partial charge is 0.433 e. The van der Waals surface area contributed by atoms with Gasteiger partial charge >= 0.3 is 18.8 Å². The Labute approximate surface area is 228 Å². The van der Waals surface area contributed by atoms with Crippen molar-refractivity contribution in [1.29, 1.82) is 0 Å². The predicted molar refractivity (Wildman–Crippen MR) is 135 cm³/mol. The Balaban J connectivity index is 1.43. The molecule has 5 rings (SSSR count). The van der Waals surface area contributed by atoms with E-state index in [1.54, 1.807) is 6.92 Å². The number of urea groups is 1. The van der Waals surface area contributed by atoms with Crippen LogP contribution in [0.25, 0.3) is 22.4 Å². The van der Waals surface area contributed by atoms with Gasteiger partial charge in [0, 0.05) is 30.8 Å². The van der Waals surface area contributed by atoms with Crippen molar-refractivity contribution < 1.29 is 35.9 Å². The monoisotopic (exact) mass is 580 g/mol. The summed E-state index contributed by atoms with van der Waals surface area (Å²) in [6.07, 6.45) is -1.48. The molecule has 0 radical (unpaired) electrons. The quantitative estimate of drug-likeness (QED) is 0.229. The van der Waals surface area contributed by atoms with E-state index in [1.807, 2.05) is 0 Å². The number of hydrogen-bond donors (Lipinski definition) is 3. The number of amides is 2. The zero-order chi connectivity index (χ0) is 29.3. The summed E-state index contributed by atoms with van der Waals surface area (Å²) in [6, 6.07) is 3.00. The second-order valence-corrected chi connectivity index (χ2v) is 9.39. The van der Waals surface area contributed by atoms with Gasteiger partial charge in [0.15, 0.2) is 5.65 Å². The summed E-state index contributed by atoms with van der Waals surface area (Å²) in [5.74, 6) is -1.62. The van der Waals surface area contributed by atoms with Crippen LogP contribution in [-0.4, -0.2) is 61.7 Å². The van der Waals surface area contributed by atoms with Crippen LogP contribution in [0.3, 0.4) is 0 Å². The highest BCUT2D eigenvalue weighted by atomic mass is 19.4. The number of alkyl halides is 5. The number of rotatable bonds is 7. The highest BCUT2D eigenvalue weighted by Crippen LogP contribution is 2.36. The average molecular weight is 580 g/mol. The van der Waals surface area contributed by atoms with Crippen LogP contribution in [-0.2, 0) is 0 Å². The lowest BCUT2D eigenvalue weighted by molar-refractivity contribution is -0.143. The van der Waals surface area contributed by atoms with Gasteiger partial charge in [-0.3, -0.25) is 0 Å². The molecule has 1 fully saturated rings. The summed E-state index contributed by atoms with van der Waals surface area (Å²) >= 11 is 0. The van der Waals surface area contributed by atoms with Crippen molar-refractivity contribution in [3.8, 4) is 17.0 Å². The number of imidazole rings is 1. The zero-order valence-electron chi connectivity index (χ0n) is 21.3. The normalized spacial score (nSPS) is 15.5. The standard InChI is InChI=1S/C25H22F6N8O2/c1-12-4-16(26)18(38-24(40)39-3-2-13(9-39)7-25(29,30)31)6-17(12)37-21-15(5-14(8-32-21)41-23(27)28)19-20-22(35-10-33-19)36-11-34-20/h4-6,8,10-11,13,23H,2-3,7,9H2,1H3,(H,32,37)(H,38,40)(H,33,34,35,36). The fraction of sp³-hybridized carbons (Fsp3) is 0.320. The van der Waals surface area contributed by atoms with Crippen molar-refractivity contribution in [2.45, 2.75) is 32.6 Å². The van der Waals surface area contributed by atoms with Crippen LogP contribution in [0.5, 0.6) is 5.75 Å². The summed E-state index contributed by atoms with van der Waals surface area (Å²) in [6.45, 7) is -1.52. The van der Waals surface area contributed by atoms with E-state index >= 15 is 0 Å². The van der Waals surface area contributed by atoms with Gasteiger partial charge in [-0.2, -0.15) is 22.0 Å². The van der Waals surface area contributed by atoms with Crippen molar-refractivity contribution in [3.63, 3.8) is 0 Å². The minimum Gasteiger partial charge on any atom is -0.433 e.